The smallest absolute Gasteiger partial charge is 0.126 e. The molecule has 1 heteroatoms. The van der Waals surface area contributed by atoms with Crippen LogP contribution in [0.5, 0.6) is 5.75 Å². The maximum atomic E-state index is 6.15. The summed E-state index contributed by atoms with van der Waals surface area (Å²) in [5.41, 5.74) is 6.29. The molecule has 0 amide bonds. The highest BCUT2D eigenvalue weighted by molar-refractivity contribution is 5.54. The predicted molar refractivity (Wildman–Crippen MR) is 101 cm³/mol. The first-order chi connectivity index (χ1) is 11.1. The van der Waals surface area contributed by atoms with Crippen molar-refractivity contribution < 1.29 is 4.74 Å². The molecule has 1 unspecified atom stereocenters. The molecule has 1 atom stereocenters. The highest BCUT2D eigenvalue weighted by Crippen LogP contribution is 2.42. The number of unbranched alkanes of at least 4 members (excludes halogenated alkanes) is 1. The summed E-state index contributed by atoms with van der Waals surface area (Å²) in [6, 6.07) is 2.52. The number of ether oxygens (including phenoxy) is 1. The lowest BCUT2D eigenvalue weighted by molar-refractivity contribution is 0.349. The monoisotopic (exact) mass is 316 g/mol. The Balaban J connectivity index is 2.47. The van der Waals surface area contributed by atoms with Gasteiger partial charge in [-0.25, -0.2) is 0 Å². The number of fused-ring (bicyclic) bond motifs is 1. The van der Waals surface area contributed by atoms with Gasteiger partial charge in [-0.2, -0.15) is 0 Å². The van der Waals surface area contributed by atoms with Crippen molar-refractivity contribution in [2.24, 2.45) is 5.92 Å². The van der Waals surface area contributed by atoms with Gasteiger partial charge in [0.25, 0.3) is 0 Å². The van der Waals surface area contributed by atoms with E-state index in [1.54, 1.807) is 16.7 Å². The zero-order chi connectivity index (χ0) is 16.8. The minimum atomic E-state index is 0.672. The summed E-state index contributed by atoms with van der Waals surface area (Å²) >= 11 is 0. The second-order valence-electron chi connectivity index (χ2n) is 7.60. The summed E-state index contributed by atoms with van der Waals surface area (Å²) < 4.78 is 6.15. The van der Waals surface area contributed by atoms with Crippen LogP contribution in [-0.2, 0) is 19.3 Å². The van der Waals surface area contributed by atoms with Crippen LogP contribution >= 0.6 is 0 Å². The van der Waals surface area contributed by atoms with Crippen molar-refractivity contribution in [3.8, 4) is 5.75 Å². The fourth-order valence-electron chi connectivity index (χ4n) is 4.02. The number of aryl methyl sites for hydroxylation is 1. The number of hydrogen-bond donors (Lipinski definition) is 0. The molecule has 0 radical (unpaired) electrons. The lowest BCUT2D eigenvalue weighted by atomic mass is 9.83. The van der Waals surface area contributed by atoms with E-state index in [0.717, 1.165) is 13.0 Å². The topological polar surface area (TPSA) is 9.23 Å². The van der Waals surface area contributed by atoms with Gasteiger partial charge in [0.2, 0.25) is 0 Å². The molecule has 1 aliphatic rings. The molecule has 130 valence electrons. The van der Waals surface area contributed by atoms with Crippen LogP contribution in [0.1, 0.15) is 94.9 Å². The van der Waals surface area contributed by atoms with Crippen molar-refractivity contribution in [1.82, 2.24) is 0 Å². The highest BCUT2D eigenvalue weighted by Gasteiger charge is 2.26. The molecule has 1 heterocycles. The third-order valence-electron chi connectivity index (χ3n) is 5.19. The van der Waals surface area contributed by atoms with E-state index in [-0.39, 0.29) is 0 Å². The van der Waals surface area contributed by atoms with Gasteiger partial charge in [-0.1, -0.05) is 59.9 Å². The Kier molecular flexibility index (Phi) is 6.99. The van der Waals surface area contributed by atoms with E-state index in [1.165, 1.54) is 56.3 Å². The Bertz CT molecular complexity index is 501. The van der Waals surface area contributed by atoms with Crippen LogP contribution in [0.2, 0.25) is 0 Å². The maximum Gasteiger partial charge on any atom is 0.126 e. The summed E-state index contributed by atoms with van der Waals surface area (Å²) in [5, 5.41) is 0. The van der Waals surface area contributed by atoms with Crippen LogP contribution in [-0.4, -0.2) is 6.61 Å². The summed E-state index contributed by atoms with van der Waals surface area (Å²) in [7, 11) is 0. The Hall–Kier alpha value is -0.980. The van der Waals surface area contributed by atoms with E-state index in [4.69, 9.17) is 4.74 Å². The summed E-state index contributed by atoms with van der Waals surface area (Å²) in [6.45, 7) is 12.5. The van der Waals surface area contributed by atoms with Gasteiger partial charge in [-0.3, -0.25) is 0 Å². The molecule has 0 saturated heterocycles. The van der Waals surface area contributed by atoms with Gasteiger partial charge >= 0.3 is 0 Å². The van der Waals surface area contributed by atoms with E-state index in [1.807, 2.05) is 0 Å². The van der Waals surface area contributed by atoms with E-state index < -0.39 is 0 Å². The van der Waals surface area contributed by atoms with E-state index >= 15 is 0 Å². The summed E-state index contributed by atoms with van der Waals surface area (Å²) in [6.07, 6.45) is 9.90. The maximum absolute atomic E-state index is 6.15. The number of hydrogen-bond acceptors (Lipinski definition) is 1. The fourth-order valence-corrected chi connectivity index (χ4v) is 4.02. The lowest BCUT2D eigenvalue weighted by Gasteiger charge is -2.23. The molecule has 0 saturated carbocycles. The first kappa shape index (κ1) is 18.4. The quantitative estimate of drug-likeness (QED) is 0.508. The highest BCUT2D eigenvalue weighted by atomic mass is 16.5. The average molecular weight is 317 g/mol. The van der Waals surface area contributed by atoms with Crippen molar-refractivity contribution in [1.29, 1.82) is 0 Å². The molecule has 1 nitrogen and oxygen atoms in total. The van der Waals surface area contributed by atoms with Gasteiger partial charge in [0.15, 0.2) is 0 Å². The van der Waals surface area contributed by atoms with Crippen LogP contribution < -0.4 is 4.74 Å². The molecule has 0 aromatic heterocycles. The summed E-state index contributed by atoms with van der Waals surface area (Å²) in [4.78, 5) is 0. The van der Waals surface area contributed by atoms with Gasteiger partial charge in [0.1, 0.15) is 5.75 Å². The van der Waals surface area contributed by atoms with Gasteiger partial charge in [-0.15, -0.1) is 0 Å². The van der Waals surface area contributed by atoms with E-state index in [0.29, 0.717) is 11.8 Å². The number of rotatable bonds is 9. The van der Waals surface area contributed by atoms with Gasteiger partial charge in [0, 0.05) is 12.0 Å². The van der Waals surface area contributed by atoms with Crippen molar-refractivity contribution >= 4 is 0 Å². The molecule has 1 aromatic rings. The summed E-state index contributed by atoms with van der Waals surface area (Å²) in [5.74, 6) is 2.65. The molecule has 2 rings (SSSR count). The molecular formula is C22H36O. The van der Waals surface area contributed by atoms with Crippen LogP contribution in [0.25, 0.3) is 0 Å². The van der Waals surface area contributed by atoms with Crippen LogP contribution in [0.4, 0.5) is 0 Å². The van der Waals surface area contributed by atoms with Crippen molar-refractivity contribution in [3.63, 3.8) is 0 Å². The third-order valence-corrected chi connectivity index (χ3v) is 5.19. The van der Waals surface area contributed by atoms with Gasteiger partial charge in [-0.05, 0) is 54.2 Å². The molecule has 0 spiro atoms. The third kappa shape index (κ3) is 4.31. The minimum Gasteiger partial charge on any atom is -0.493 e. The first-order valence-corrected chi connectivity index (χ1v) is 9.92. The Morgan fingerprint density at radius 3 is 2.52 bits per heavy atom. The molecule has 1 aromatic carbocycles. The Labute approximate surface area is 143 Å². The molecular weight excluding hydrogens is 280 g/mol. The molecule has 0 fully saturated rings. The number of benzene rings is 1. The van der Waals surface area contributed by atoms with Crippen LogP contribution in [0.3, 0.4) is 0 Å². The second-order valence-corrected chi connectivity index (χ2v) is 7.60. The zero-order valence-electron chi connectivity index (χ0n) is 16.0. The zero-order valence-corrected chi connectivity index (χ0v) is 16.0. The minimum absolute atomic E-state index is 0.672. The van der Waals surface area contributed by atoms with E-state index in [2.05, 4.69) is 40.7 Å². The first-order valence-electron chi connectivity index (χ1n) is 9.92. The Morgan fingerprint density at radius 2 is 1.91 bits per heavy atom. The normalized spacial score (nSPS) is 14.9. The fraction of sp³-hybridized carbons (Fsp3) is 0.727. The van der Waals surface area contributed by atoms with Gasteiger partial charge in [0.05, 0.1) is 6.61 Å². The molecule has 0 N–H and O–H groups in total. The van der Waals surface area contributed by atoms with E-state index in [9.17, 15) is 0 Å². The lowest BCUT2D eigenvalue weighted by Crippen LogP contribution is -2.08. The van der Waals surface area contributed by atoms with Crippen molar-refractivity contribution in [2.75, 3.05) is 6.61 Å². The van der Waals surface area contributed by atoms with Crippen molar-refractivity contribution in [2.45, 2.75) is 91.9 Å². The predicted octanol–water partition coefficient (Wildman–Crippen LogP) is 6.46. The molecule has 0 aliphatic carbocycles. The largest absolute Gasteiger partial charge is 0.493 e. The average Bonchev–Trinajstić information content (AvgIpc) is 3.00. The second kappa shape index (κ2) is 8.76. The Morgan fingerprint density at radius 1 is 1.13 bits per heavy atom. The van der Waals surface area contributed by atoms with Crippen LogP contribution in [0, 0.1) is 5.92 Å². The van der Waals surface area contributed by atoms with Crippen molar-refractivity contribution in [3.05, 3.63) is 28.3 Å². The van der Waals surface area contributed by atoms with Crippen LogP contribution in [0.15, 0.2) is 6.07 Å². The SMILES string of the molecule is CCCCC(CC)c1cc(CCC)c(CC(C)C)c2c1OCC2. The molecule has 1 aliphatic heterocycles. The molecule has 23 heavy (non-hydrogen) atoms. The van der Waals surface area contributed by atoms with Gasteiger partial charge < -0.3 is 4.74 Å². The molecule has 0 bridgehead atoms. The standard InChI is InChI=1S/C22H36O/c1-6-9-11-17(8-3)21-15-18(10-7-2)20(14-16(4)5)19-12-13-23-22(19)21/h15-17H,6-14H2,1-5H3.